The molecular formula is C11H14N4. The smallest absolute Gasteiger partial charge is 0.222 e. The van der Waals surface area contributed by atoms with Crippen molar-refractivity contribution in [2.75, 3.05) is 5.73 Å². The number of nitrogens with zero attached hydrogens (tertiary/aromatic N) is 3. The number of hydrogen-bond donors (Lipinski definition) is 1. The van der Waals surface area contributed by atoms with E-state index in [-0.39, 0.29) is 11.4 Å². The van der Waals surface area contributed by atoms with Crippen molar-refractivity contribution in [3.05, 3.63) is 24.0 Å². The summed E-state index contributed by atoms with van der Waals surface area (Å²) < 4.78 is 0. The molecule has 0 aliphatic carbocycles. The number of nitrogens with two attached hydrogens (primary N) is 1. The molecule has 0 aliphatic rings. The molecule has 0 aromatic carbocycles. The summed E-state index contributed by atoms with van der Waals surface area (Å²) in [6, 6.07) is 3.98. The summed E-state index contributed by atoms with van der Waals surface area (Å²) in [5.41, 5.74) is 7.21. The van der Waals surface area contributed by atoms with Crippen molar-refractivity contribution >= 4 is 17.0 Å². The quantitative estimate of drug-likeness (QED) is 0.708. The van der Waals surface area contributed by atoms with Crippen molar-refractivity contribution in [1.82, 2.24) is 15.0 Å². The Kier molecular flexibility index (Phi) is 2.07. The first-order chi connectivity index (χ1) is 6.97. The first-order valence-electron chi connectivity index (χ1n) is 4.86. The van der Waals surface area contributed by atoms with Gasteiger partial charge in [0.15, 0.2) is 5.65 Å². The topological polar surface area (TPSA) is 64.7 Å². The molecule has 0 spiro atoms. The minimum Gasteiger partial charge on any atom is -0.368 e. The van der Waals surface area contributed by atoms with Crippen molar-refractivity contribution in [3.8, 4) is 0 Å². The molecule has 0 atom stereocenters. The van der Waals surface area contributed by atoms with Gasteiger partial charge in [0.05, 0.1) is 0 Å². The van der Waals surface area contributed by atoms with Crippen LogP contribution >= 0.6 is 0 Å². The van der Waals surface area contributed by atoms with Crippen LogP contribution in [0.25, 0.3) is 11.0 Å². The fourth-order valence-corrected chi connectivity index (χ4v) is 1.34. The lowest BCUT2D eigenvalue weighted by molar-refractivity contribution is 0.571. The zero-order chi connectivity index (χ0) is 11.1. The van der Waals surface area contributed by atoms with Crippen LogP contribution in [0.3, 0.4) is 0 Å². The summed E-state index contributed by atoms with van der Waals surface area (Å²) in [5.74, 6) is 0.265. The summed E-state index contributed by atoms with van der Waals surface area (Å²) in [5, 5.41) is 0.914. The molecule has 0 radical (unpaired) electrons. The van der Waals surface area contributed by atoms with Crippen LogP contribution in [0.1, 0.15) is 26.5 Å². The van der Waals surface area contributed by atoms with Gasteiger partial charge < -0.3 is 5.73 Å². The molecule has 2 aromatic heterocycles. The van der Waals surface area contributed by atoms with E-state index in [1.165, 1.54) is 0 Å². The van der Waals surface area contributed by atoms with Crippen LogP contribution in [-0.2, 0) is 5.41 Å². The summed E-state index contributed by atoms with van der Waals surface area (Å²) in [6.07, 6.45) is 1.69. The Hall–Kier alpha value is -1.71. The Morgan fingerprint density at radius 3 is 2.53 bits per heavy atom. The average Bonchev–Trinajstić information content (AvgIpc) is 2.15. The maximum atomic E-state index is 5.52. The predicted octanol–water partition coefficient (Wildman–Crippen LogP) is 1.90. The summed E-state index contributed by atoms with van der Waals surface area (Å²) in [6.45, 7) is 6.35. The Labute approximate surface area is 88.6 Å². The monoisotopic (exact) mass is 202 g/mol. The highest BCUT2D eigenvalue weighted by Crippen LogP contribution is 2.21. The predicted molar refractivity (Wildman–Crippen MR) is 60.4 cm³/mol. The number of hydrogen-bond acceptors (Lipinski definition) is 4. The maximum absolute atomic E-state index is 5.52. The van der Waals surface area contributed by atoms with Gasteiger partial charge >= 0.3 is 0 Å². The lowest BCUT2D eigenvalue weighted by Gasteiger charge is -2.17. The van der Waals surface area contributed by atoms with Gasteiger partial charge in [0, 0.05) is 22.7 Å². The molecule has 2 N–H and O–H groups in total. The molecule has 0 saturated heterocycles. The number of nitrogen functional groups attached to an aromatic ring is 1. The van der Waals surface area contributed by atoms with Gasteiger partial charge in [0.25, 0.3) is 0 Å². The molecule has 4 heteroatoms. The molecule has 0 unspecified atom stereocenters. The minimum atomic E-state index is 0.0217. The number of aromatic nitrogens is 3. The van der Waals surface area contributed by atoms with Crippen molar-refractivity contribution in [2.45, 2.75) is 26.2 Å². The van der Waals surface area contributed by atoms with Gasteiger partial charge in [-0.25, -0.2) is 9.97 Å². The van der Waals surface area contributed by atoms with Crippen LogP contribution in [0.5, 0.6) is 0 Å². The number of pyridine rings is 1. The third-order valence-electron chi connectivity index (χ3n) is 2.23. The van der Waals surface area contributed by atoms with Crippen molar-refractivity contribution in [1.29, 1.82) is 0 Å². The summed E-state index contributed by atoms with van der Waals surface area (Å²) >= 11 is 0. The van der Waals surface area contributed by atoms with Crippen molar-refractivity contribution < 1.29 is 0 Å². The lowest BCUT2D eigenvalue weighted by atomic mass is 9.91. The lowest BCUT2D eigenvalue weighted by Crippen LogP contribution is -2.13. The van der Waals surface area contributed by atoms with Crippen LogP contribution in [0.15, 0.2) is 18.3 Å². The second-order valence-electron chi connectivity index (χ2n) is 4.59. The van der Waals surface area contributed by atoms with Crippen LogP contribution in [-0.4, -0.2) is 15.0 Å². The SMILES string of the molecule is CC(C)(C)c1ccc2cnc(N)nc2n1. The van der Waals surface area contributed by atoms with Gasteiger partial charge in [-0.15, -0.1) is 0 Å². The fourth-order valence-electron chi connectivity index (χ4n) is 1.34. The Morgan fingerprint density at radius 1 is 1.13 bits per heavy atom. The Balaban J connectivity index is 2.64. The highest BCUT2D eigenvalue weighted by Gasteiger charge is 2.15. The van der Waals surface area contributed by atoms with Crippen molar-refractivity contribution in [3.63, 3.8) is 0 Å². The molecule has 0 amide bonds. The first-order valence-corrected chi connectivity index (χ1v) is 4.86. The van der Waals surface area contributed by atoms with Gasteiger partial charge in [-0.05, 0) is 12.1 Å². The second-order valence-corrected chi connectivity index (χ2v) is 4.59. The van der Waals surface area contributed by atoms with Gasteiger partial charge in [0.1, 0.15) is 0 Å². The van der Waals surface area contributed by atoms with Crippen LogP contribution < -0.4 is 5.73 Å². The third kappa shape index (κ3) is 1.88. The van der Waals surface area contributed by atoms with E-state index in [1.54, 1.807) is 6.20 Å². The van der Waals surface area contributed by atoms with Gasteiger partial charge in [-0.1, -0.05) is 20.8 Å². The molecular weight excluding hydrogens is 188 g/mol. The van der Waals surface area contributed by atoms with Gasteiger partial charge in [0.2, 0.25) is 5.95 Å². The average molecular weight is 202 g/mol. The van der Waals surface area contributed by atoms with Gasteiger partial charge in [-0.2, -0.15) is 4.98 Å². The molecule has 0 saturated carbocycles. The number of fused-ring (bicyclic) bond motifs is 1. The largest absolute Gasteiger partial charge is 0.368 e. The van der Waals surface area contributed by atoms with Crippen LogP contribution in [0.2, 0.25) is 0 Å². The van der Waals surface area contributed by atoms with E-state index in [4.69, 9.17) is 5.73 Å². The standard InChI is InChI=1S/C11H14N4/c1-11(2,3)8-5-4-7-6-13-10(12)15-9(7)14-8/h4-6H,1-3H3,(H2,12,13,14,15). The van der Waals surface area contributed by atoms with E-state index in [9.17, 15) is 0 Å². The molecule has 0 fully saturated rings. The normalized spacial score (nSPS) is 11.9. The van der Waals surface area contributed by atoms with Crippen LogP contribution in [0.4, 0.5) is 5.95 Å². The van der Waals surface area contributed by atoms with Crippen molar-refractivity contribution in [2.24, 2.45) is 0 Å². The molecule has 2 aromatic rings. The summed E-state index contributed by atoms with van der Waals surface area (Å²) in [4.78, 5) is 12.5. The number of rotatable bonds is 0. The molecule has 2 heterocycles. The maximum Gasteiger partial charge on any atom is 0.222 e. The fraction of sp³-hybridized carbons (Fsp3) is 0.364. The molecule has 4 nitrogen and oxygen atoms in total. The van der Waals surface area contributed by atoms with Gasteiger partial charge in [-0.3, -0.25) is 0 Å². The Bertz CT molecular complexity index is 499. The molecule has 0 bridgehead atoms. The molecule has 0 aliphatic heterocycles. The zero-order valence-corrected chi connectivity index (χ0v) is 9.15. The third-order valence-corrected chi connectivity index (χ3v) is 2.23. The number of anilines is 1. The molecule has 15 heavy (non-hydrogen) atoms. The Morgan fingerprint density at radius 2 is 1.87 bits per heavy atom. The van der Waals surface area contributed by atoms with E-state index in [0.717, 1.165) is 11.1 Å². The summed E-state index contributed by atoms with van der Waals surface area (Å²) in [7, 11) is 0. The van der Waals surface area contributed by atoms with E-state index < -0.39 is 0 Å². The minimum absolute atomic E-state index is 0.0217. The molecule has 2 rings (SSSR count). The second kappa shape index (κ2) is 3.15. The highest BCUT2D eigenvalue weighted by atomic mass is 15.0. The van der Waals surface area contributed by atoms with E-state index >= 15 is 0 Å². The first kappa shape index (κ1) is 9.83. The molecule has 78 valence electrons. The highest BCUT2D eigenvalue weighted by molar-refractivity contribution is 5.74. The van der Waals surface area contributed by atoms with E-state index in [2.05, 4.69) is 35.7 Å². The van der Waals surface area contributed by atoms with E-state index in [0.29, 0.717) is 5.65 Å². The van der Waals surface area contributed by atoms with Crippen LogP contribution in [0, 0.1) is 0 Å². The van der Waals surface area contributed by atoms with E-state index in [1.807, 2.05) is 12.1 Å². The zero-order valence-electron chi connectivity index (χ0n) is 9.15.